The first-order chi connectivity index (χ1) is 7.15. The molecule has 0 amide bonds. The van der Waals surface area contributed by atoms with Gasteiger partial charge in [0.25, 0.3) is 0 Å². The molecule has 15 heavy (non-hydrogen) atoms. The summed E-state index contributed by atoms with van der Waals surface area (Å²) < 4.78 is 4.74. The van der Waals surface area contributed by atoms with Gasteiger partial charge in [-0.05, 0) is 13.3 Å². The third-order valence-electron chi connectivity index (χ3n) is 2.24. The zero-order valence-corrected chi connectivity index (χ0v) is 9.88. The van der Waals surface area contributed by atoms with Gasteiger partial charge in [-0.3, -0.25) is 4.79 Å². The lowest BCUT2D eigenvalue weighted by molar-refractivity contribution is -0.143. The van der Waals surface area contributed by atoms with Gasteiger partial charge in [-0.25, -0.2) is 0 Å². The number of rotatable bonds is 7. The predicted octanol–water partition coefficient (Wildman–Crippen LogP) is 1.72. The summed E-state index contributed by atoms with van der Waals surface area (Å²) in [6, 6.07) is -0.0748. The molecular formula is C12H21NO2. The lowest BCUT2D eigenvalue weighted by Gasteiger charge is -2.19. The van der Waals surface area contributed by atoms with Gasteiger partial charge >= 0.3 is 5.97 Å². The Labute approximate surface area is 92.6 Å². The van der Waals surface area contributed by atoms with E-state index >= 15 is 0 Å². The number of methoxy groups -OCH3 is 1. The van der Waals surface area contributed by atoms with E-state index < -0.39 is 0 Å². The number of carbonyl (C=O) groups excluding carboxylic acids is 1. The maximum absolute atomic E-state index is 11.4. The van der Waals surface area contributed by atoms with Crippen molar-refractivity contribution in [2.45, 2.75) is 51.6 Å². The summed E-state index contributed by atoms with van der Waals surface area (Å²) in [4.78, 5) is 11.4. The minimum Gasteiger partial charge on any atom is -0.468 e. The first kappa shape index (κ1) is 14.0. The predicted molar refractivity (Wildman–Crippen MR) is 61.4 cm³/mol. The first-order valence-electron chi connectivity index (χ1n) is 5.43. The van der Waals surface area contributed by atoms with Gasteiger partial charge in [-0.2, -0.15) is 0 Å². The van der Waals surface area contributed by atoms with E-state index in [0.29, 0.717) is 6.42 Å². The zero-order valence-electron chi connectivity index (χ0n) is 9.88. The van der Waals surface area contributed by atoms with Crippen molar-refractivity contribution in [3.05, 3.63) is 0 Å². The van der Waals surface area contributed by atoms with E-state index in [1.54, 1.807) is 0 Å². The topological polar surface area (TPSA) is 38.3 Å². The molecule has 1 N–H and O–H groups in total. The van der Waals surface area contributed by atoms with Crippen LogP contribution in [0.3, 0.4) is 0 Å². The number of nitrogens with one attached hydrogen (secondary N) is 1. The molecule has 0 aromatic rings. The van der Waals surface area contributed by atoms with Gasteiger partial charge < -0.3 is 10.1 Å². The standard InChI is InChI=1S/C12H21NO2/c1-5-7-9-11(12(14)15-4)13-10(3)8-6-2/h2,10-11,13H,5,7-9H2,1,3-4H3. The van der Waals surface area contributed by atoms with Gasteiger partial charge in [0.2, 0.25) is 0 Å². The summed E-state index contributed by atoms with van der Waals surface area (Å²) in [7, 11) is 1.41. The van der Waals surface area contributed by atoms with Crippen molar-refractivity contribution in [1.29, 1.82) is 0 Å². The minimum absolute atomic E-state index is 0.149. The quantitative estimate of drug-likeness (QED) is 0.515. The van der Waals surface area contributed by atoms with Gasteiger partial charge in [0.05, 0.1) is 7.11 Å². The van der Waals surface area contributed by atoms with E-state index in [0.717, 1.165) is 19.3 Å². The molecule has 3 nitrogen and oxygen atoms in total. The van der Waals surface area contributed by atoms with Crippen LogP contribution >= 0.6 is 0 Å². The largest absolute Gasteiger partial charge is 0.468 e. The maximum atomic E-state index is 11.4. The number of ether oxygens (including phenoxy) is 1. The third-order valence-corrected chi connectivity index (χ3v) is 2.24. The number of carbonyl (C=O) groups is 1. The van der Waals surface area contributed by atoms with E-state index in [9.17, 15) is 4.79 Å². The van der Waals surface area contributed by atoms with Crippen molar-refractivity contribution in [3.63, 3.8) is 0 Å². The molecule has 0 radical (unpaired) electrons. The van der Waals surface area contributed by atoms with Crippen LogP contribution in [0.2, 0.25) is 0 Å². The average molecular weight is 211 g/mol. The molecule has 0 fully saturated rings. The van der Waals surface area contributed by atoms with E-state index in [1.807, 2.05) is 6.92 Å². The second kappa shape index (κ2) is 8.31. The Morgan fingerprint density at radius 1 is 1.60 bits per heavy atom. The molecule has 0 aliphatic rings. The summed E-state index contributed by atoms with van der Waals surface area (Å²) in [6.07, 6.45) is 8.71. The summed E-state index contributed by atoms with van der Waals surface area (Å²) in [6.45, 7) is 4.07. The maximum Gasteiger partial charge on any atom is 0.322 e. The summed E-state index contributed by atoms with van der Waals surface area (Å²) in [5.74, 6) is 2.37. The highest BCUT2D eigenvalue weighted by Crippen LogP contribution is 2.04. The molecule has 2 atom stereocenters. The number of esters is 1. The van der Waals surface area contributed by atoms with Gasteiger partial charge in [-0.15, -0.1) is 12.3 Å². The Morgan fingerprint density at radius 2 is 2.27 bits per heavy atom. The molecule has 0 aromatic carbocycles. The highest BCUT2D eigenvalue weighted by Gasteiger charge is 2.19. The smallest absolute Gasteiger partial charge is 0.322 e. The van der Waals surface area contributed by atoms with Crippen LogP contribution in [0.25, 0.3) is 0 Å². The average Bonchev–Trinajstić information content (AvgIpc) is 2.23. The van der Waals surface area contributed by atoms with Gasteiger partial charge in [0.15, 0.2) is 0 Å². The molecule has 2 unspecified atom stereocenters. The molecule has 0 aliphatic heterocycles. The van der Waals surface area contributed by atoms with Crippen molar-refractivity contribution in [1.82, 2.24) is 5.32 Å². The molecule has 0 saturated heterocycles. The summed E-state index contributed by atoms with van der Waals surface area (Å²) >= 11 is 0. The van der Waals surface area contributed by atoms with Crippen LogP contribution in [0.5, 0.6) is 0 Å². The zero-order chi connectivity index (χ0) is 11.7. The van der Waals surface area contributed by atoms with E-state index in [4.69, 9.17) is 11.2 Å². The molecule has 0 aliphatic carbocycles. The molecule has 0 bridgehead atoms. The van der Waals surface area contributed by atoms with Crippen molar-refractivity contribution in [2.24, 2.45) is 0 Å². The van der Waals surface area contributed by atoms with Crippen molar-refractivity contribution < 1.29 is 9.53 Å². The molecule has 0 spiro atoms. The Bertz CT molecular complexity index is 220. The van der Waals surface area contributed by atoms with E-state index in [-0.39, 0.29) is 18.1 Å². The number of terminal acetylenes is 1. The molecular weight excluding hydrogens is 190 g/mol. The summed E-state index contributed by atoms with van der Waals surface area (Å²) in [5.41, 5.74) is 0. The molecule has 3 heteroatoms. The fourth-order valence-electron chi connectivity index (χ4n) is 1.40. The van der Waals surface area contributed by atoms with Crippen LogP contribution in [-0.4, -0.2) is 25.2 Å². The van der Waals surface area contributed by atoms with Gasteiger partial charge in [0, 0.05) is 12.5 Å². The van der Waals surface area contributed by atoms with Crippen LogP contribution < -0.4 is 5.32 Å². The van der Waals surface area contributed by atoms with Crippen LogP contribution in [0.1, 0.15) is 39.5 Å². The lowest BCUT2D eigenvalue weighted by atomic mass is 10.1. The Balaban J connectivity index is 4.12. The summed E-state index contributed by atoms with van der Waals surface area (Å²) in [5, 5.41) is 3.19. The van der Waals surface area contributed by atoms with Crippen molar-refractivity contribution in [2.75, 3.05) is 7.11 Å². The van der Waals surface area contributed by atoms with Gasteiger partial charge in [0.1, 0.15) is 6.04 Å². The lowest BCUT2D eigenvalue weighted by Crippen LogP contribution is -2.42. The Hall–Kier alpha value is -1.01. The number of hydrogen-bond donors (Lipinski definition) is 1. The number of hydrogen-bond acceptors (Lipinski definition) is 3. The van der Waals surface area contributed by atoms with Crippen LogP contribution in [0, 0.1) is 12.3 Å². The molecule has 0 rings (SSSR count). The molecule has 0 saturated carbocycles. The molecule has 86 valence electrons. The van der Waals surface area contributed by atoms with Crippen LogP contribution in [0.15, 0.2) is 0 Å². The van der Waals surface area contributed by atoms with Crippen LogP contribution in [0.4, 0.5) is 0 Å². The second-order valence-electron chi connectivity index (χ2n) is 3.69. The van der Waals surface area contributed by atoms with Gasteiger partial charge in [-0.1, -0.05) is 19.8 Å². The minimum atomic E-state index is -0.224. The Morgan fingerprint density at radius 3 is 2.73 bits per heavy atom. The van der Waals surface area contributed by atoms with Crippen molar-refractivity contribution in [3.8, 4) is 12.3 Å². The molecule has 0 heterocycles. The van der Waals surface area contributed by atoms with E-state index in [2.05, 4.69) is 18.2 Å². The van der Waals surface area contributed by atoms with Crippen LogP contribution in [-0.2, 0) is 9.53 Å². The van der Waals surface area contributed by atoms with Crippen molar-refractivity contribution >= 4 is 5.97 Å². The highest BCUT2D eigenvalue weighted by atomic mass is 16.5. The third kappa shape index (κ3) is 6.14. The number of unbranched alkanes of at least 4 members (excludes halogenated alkanes) is 1. The first-order valence-corrected chi connectivity index (χ1v) is 5.43. The fraction of sp³-hybridized carbons (Fsp3) is 0.750. The normalized spacial score (nSPS) is 14.0. The SMILES string of the molecule is C#CCC(C)NC(CCCC)C(=O)OC. The Kier molecular flexibility index (Phi) is 7.75. The second-order valence-corrected chi connectivity index (χ2v) is 3.69. The molecule has 0 aromatic heterocycles. The highest BCUT2D eigenvalue weighted by molar-refractivity contribution is 5.75. The fourth-order valence-corrected chi connectivity index (χ4v) is 1.40. The monoisotopic (exact) mass is 211 g/mol. The van der Waals surface area contributed by atoms with E-state index in [1.165, 1.54) is 7.11 Å².